The van der Waals surface area contributed by atoms with Crippen LogP contribution >= 0.6 is 15.9 Å². The van der Waals surface area contributed by atoms with E-state index < -0.39 is 5.60 Å². The minimum absolute atomic E-state index is 0.477. The number of hydrogen-bond acceptors (Lipinski definition) is 1. The maximum atomic E-state index is 10.6. The van der Waals surface area contributed by atoms with Crippen LogP contribution in [0.25, 0.3) is 0 Å². The van der Waals surface area contributed by atoms with Crippen LogP contribution in [0.15, 0.2) is 28.7 Å². The number of hydrogen-bond donors (Lipinski definition) is 1. The molecule has 1 nitrogen and oxygen atoms in total. The first-order valence-corrected chi connectivity index (χ1v) is 7.38. The van der Waals surface area contributed by atoms with E-state index in [9.17, 15) is 5.11 Å². The van der Waals surface area contributed by atoms with Crippen LogP contribution in [-0.4, -0.2) is 10.7 Å². The third kappa shape index (κ3) is 3.32. The fraction of sp³-hybridized carbons (Fsp3) is 0.600. The molecule has 0 aliphatic heterocycles. The van der Waals surface area contributed by atoms with Crippen LogP contribution in [0.2, 0.25) is 0 Å². The largest absolute Gasteiger partial charge is 0.390 e. The number of aliphatic hydroxyl groups is 1. The van der Waals surface area contributed by atoms with Gasteiger partial charge in [-0.25, -0.2) is 0 Å². The van der Waals surface area contributed by atoms with Crippen molar-refractivity contribution in [1.82, 2.24) is 0 Å². The summed E-state index contributed by atoms with van der Waals surface area (Å²) >= 11 is 3.56. The Bertz CT molecular complexity index is 367. The predicted octanol–water partition coefficient (Wildman–Crippen LogP) is 4.32. The lowest BCUT2D eigenvalue weighted by atomic mass is 9.75. The van der Waals surface area contributed by atoms with Gasteiger partial charge in [-0.05, 0) is 43.2 Å². The van der Waals surface area contributed by atoms with Gasteiger partial charge in [0.1, 0.15) is 0 Å². The van der Waals surface area contributed by atoms with Crippen molar-refractivity contribution in [3.05, 3.63) is 34.3 Å². The van der Waals surface area contributed by atoms with Crippen molar-refractivity contribution in [2.45, 2.75) is 51.0 Å². The lowest BCUT2D eigenvalue weighted by Crippen LogP contribution is -2.36. The van der Waals surface area contributed by atoms with Crippen LogP contribution in [0.1, 0.15) is 44.6 Å². The summed E-state index contributed by atoms with van der Waals surface area (Å²) in [4.78, 5) is 0. The molecule has 0 radical (unpaired) electrons. The van der Waals surface area contributed by atoms with Crippen LogP contribution < -0.4 is 0 Å². The standard InChI is InChI=1S/C15H21BrO/c1-2-12-7-9-15(17,10-8-12)11-13-5-3-4-6-14(13)16/h3-6,12,17H,2,7-11H2,1H3. The van der Waals surface area contributed by atoms with Gasteiger partial charge in [0.25, 0.3) is 0 Å². The van der Waals surface area contributed by atoms with E-state index in [2.05, 4.69) is 35.0 Å². The number of halogens is 1. The molecular weight excluding hydrogens is 276 g/mol. The molecule has 94 valence electrons. The van der Waals surface area contributed by atoms with Gasteiger partial charge in [-0.15, -0.1) is 0 Å². The molecule has 1 aliphatic rings. The Hall–Kier alpha value is -0.340. The fourth-order valence-electron chi connectivity index (χ4n) is 2.80. The Kier molecular flexibility index (Phi) is 4.26. The average molecular weight is 297 g/mol. The van der Waals surface area contributed by atoms with E-state index in [1.54, 1.807) is 0 Å². The molecule has 0 aromatic heterocycles. The Balaban J connectivity index is 2.01. The van der Waals surface area contributed by atoms with Gasteiger partial charge in [0.05, 0.1) is 5.60 Å². The zero-order chi connectivity index (χ0) is 12.3. The maximum absolute atomic E-state index is 10.6. The molecular formula is C15H21BrO. The smallest absolute Gasteiger partial charge is 0.0688 e. The van der Waals surface area contributed by atoms with E-state index in [1.165, 1.54) is 24.8 Å². The molecule has 1 N–H and O–H groups in total. The van der Waals surface area contributed by atoms with Crippen LogP contribution in [0.4, 0.5) is 0 Å². The van der Waals surface area contributed by atoms with E-state index in [0.717, 1.165) is 29.7 Å². The molecule has 0 saturated heterocycles. The molecule has 17 heavy (non-hydrogen) atoms. The van der Waals surface area contributed by atoms with Crippen LogP contribution in [0.3, 0.4) is 0 Å². The highest BCUT2D eigenvalue weighted by molar-refractivity contribution is 9.10. The van der Waals surface area contributed by atoms with Crippen molar-refractivity contribution in [1.29, 1.82) is 0 Å². The first-order chi connectivity index (χ1) is 8.13. The van der Waals surface area contributed by atoms with Crippen molar-refractivity contribution in [3.63, 3.8) is 0 Å². The molecule has 0 atom stereocenters. The Labute approximate surface area is 112 Å². The van der Waals surface area contributed by atoms with Gasteiger partial charge >= 0.3 is 0 Å². The minimum atomic E-state index is -0.477. The van der Waals surface area contributed by atoms with Gasteiger partial charge in [-0.2, -0.15) is 0 Å². The summed E-state index contributed by atoms with van der Waals surface area (Å²) in [7, 11) is 0. The quantitative estimate of drug-likeness (QED) is 0.880. The molecule has 1 fully saturated rings. The topological polar surface area (TPSA) is 20.2 Å². The summed E-state index contributed by atoms with van der Waals surface area (Å²) < 4.78 is 1.12. The molecule has 1 saturated carbocycles. The monoisotopic (exact) mass is 296 g/mol. The summed E-state index contributed by atoms with van der Waals surface area (Å²) in [5.74, 6) is 0.828. The van der Waals surface area contributed by atoms with Gasteiger partial charge in [-0.1, -0.05) is 47.5 Å². The van der Waals surface area contributed by atoms with Crippen LogP contribution in [-0.2, 0) is 6.42 Å². The van der Waals surface area contributed by atoms with E-state index in [4.69, 9.17) is 0 Å². The van der Waals surface area contributed by atoms with Gasteiger partial charge in [0.2, 0.25) is 0 Å². The van der Waals surface area contributed by atoms with E-state index in [-0.39, 0.29) is 0 Å². The average Bonchev–Trinajstić information content (AvgIpc) is 2.33. The van der Waals surface area contributed by atoms with Gasteiger partial charge in [0.15, 0.2) is 0 Å². The van der Waals surface area contributed by atoms with Crippen molar-refractivity contribution in [2.24, 2.45) is 5.92 Å². The van der Waals surface area contributed by atoms with E-state index >= 15 is 0 Å². The van der Waals surface area contributed by atoms with Gasteiger partial charge in [0, 0.05) is 10.9 Å². The lowest BCUT2D eigenvalue weighted by Gasteiger charge is -2.36. The summed E-state index contributed by atoms with van der Waals surface area (Å²) in [5.41, 5.74) is 0.750. The van der Waals surface area contributed by atoms with Crippen molar-refractivity contribution < 1.29 is 5.11 Å². The second-order valence-electron chi connectivity index (χ2n) is 5.34. The minimum Gasteiger partial charge on any atom is -0.390 e. The van der Waals surface area contributed by atoms with Crippen molar-refractivity contribution in [3.8, 4) is 0 Å². The number of benzene rings is 1. The molecule has 1 aliphatic carbocycles. The fourth-order valence-corrected chi connectivity index (χ4v) is 3.22. The van der Waals surface area contributed by atoms with Crippen molar-refractivity contribution in [2.75, 3.05) is 0 Å². The SMILES string of the molecule is CCC1CCC(O)(Cc2ccccc2Br)CC1. The highest BCUT2D eigenvalue weighted by Crippen LogP contribution is 2.36. The predicted molar refractivity (Wildman–Crippen MR) is 75.0 cm³/mol. The van der Waals surface area contributed by atoms with Crippen LogP contribution in [0.5, 0.6) is 0 Å². The van der Waals surface area contributed by atoms with Gasteiger partial charge < -0.3 is 5.11 Å². The molecule has 2 rings (SSSR count). The first kappa shape index (κ1) is 13.1. The molecule has 0 bridgehead atoms. The van der Waals surface area contributed by atoms with E-state index in [1.807, 2.05) is 12.1 Å². The molecule has 1 aromatic carbocycles. The third-order valence-electron chi connectivity index (χ3n) is 4.09. The summed E-state index contributed by atoms with van der Waals surface area (Å²) in [6.45, 7) is 2.25. The highest BCUT2D eigenvalue weighted by atomic mass is 79.9. The molecule has 2 heteroatoms. The van der Waals surface area contributed by atoms with Gasteiger partial charge in [-0.3, -0.25) is 0 Å². The molecule has 1 aromatic rings. The Morgan fingerprint density at radius 2 is 1.94 bits per heavy atom. The molecule has 0 amide bonds. The molecule has 0 spiro atoms. The maximum Gasteiger partial charge on any atom is 0.0688 e. The second kappa shape index (κ2) is 5.53. The zero-order valence-corrected chi connectivity index (χ0v) is 12.0. The summed E-state index contributed by atoms with van der Waals surface area (Å²) in [5, 5.41) is 10.6. The third-order valence-corrected chi connectivity index (χ3v) is 4.86. The second-order valence-corrected chi connectivity index (χ2v) is 6.20. The highest BCUT2D eigenvalue weighted by Gasteiger charge is 2.32. The lowest BCUT2D eigenvalue weighted by molar-refractivity contribution is -0.00934. The number of rotatable bonds is 3. The Morgan fingerprint density at radius 1 is 1.29 bits per heavy atom. The summed E-state index contributed by atoms with van der Waals surface area (Å²) in [6.07, 6.45) is 6.30. The van der Waals surface area contributed by atoms with Crippen molar-refractivity contribution >= 4 is 15.9 Å². The molecule has 0 heterocycles. The normalized spacial score (nSPS) is 29.2. The summed E-state index contributed by atoms with van der Waals surface area (Å²) in [6, 6.07) is 8.22. The van der Waals surface area contributed by atoms with Crippen LogP contribution in [0, 0.1) is 5.92 Å². The zero-order valence-electron chi connectivity index (χ0n) is 10.5. The Morgan fingerprint density at radius 3 is 2.53 bits per heavy atom. The molecule has 0 unspecified atom stereocenters. The van der Waals surface area contributed by atoms with E-state index in [0.29, 0.717) is 0 Å². The first-order valence-electron chi connectivity index (χ1n) is 6.59.